The zero-order valence-electron chi connectivity index (χ0n) is 12.8. The van der Waals surface area contributed by atoms with E-state index in [1.807, 2.05) is 6.07 Å². The van der Waals surface area contributed by atoms with Gasteiger partial charge in [-0.1, -0.05) is 13.8 Å². The quantitative estimate of drug-likeness (QED) is 0.746. The summed E-state index contributed by atoms with van der Waals surface area (Å²) in [6.45, 7) is 6.46. The molecular weight excluding hydrogens is 254 g/mol. The topological polar surface area (TPSA) is 67.6 Å². The molecule has 1 rings (SSSR count). The van der Waals surface area contributed by atoms with Crippen molar-refractivity contribution in [3.8, 4) is 0 Å². The number of amides is 1. The van der Waals surface area contributed by atoms with Crippen LogP contribution >= 0.6 is 0 Å². The largest absolute Gasteiger partial charge is 0.399 e. The van der Waals surface area contributed by atoms with Crippen LogP contribution in [-0.2, 0) is 4.74 Å². The van der Waals surface area contributed by atoms with Crippen molar-refractivity contribution in [3.05, 3.63) is 23.8 Å². The molecule has 0 unspecified atom stereocenters. The van der Waals surface area contributed by atoms with Crippen molar-refractivity contribution in [2.75, 3.05) is 44.5 Å². The monoisotopic (exact) mass is 279 g/mol. The zero-order valence-corrected chi connectivity index (χ0v) is 12.8. The first-order valence-electron chi connectivity index (χ1n) is 6.85. The van der Waals surface area contributed by atoms with Crippen LogP contribution < -0.4 is 16.0 Å². The molecule has 0 atom stereocenters. The average molecular weight is 279 g/mol. The summed E-state index contributed by atoms with van der Waals surface area (Å²) >= 11 is 0. The number of nitrogens with one attached hydrogen (secondary N) is 1. The zero-order chi connectivity index (χ0) is 15.1. The van der Waals surface area contributed by atoms with Crippen LogP contribution in [0.5, 0.6) is 0 Å². The molecule has 3 N–H and O–H groups in total. The van der Waals surface area contributed by atoms with Crippen molar-refractivity contribution >= 4 is 17.3 Å². The van der Waals surface area contributed by atoms with Crippen molar-refractivity contribution < 1.29 is 9.53 Å². The minimum atomic E-state index is -0.105. The predicted molar refractivity (Wildman–Crippen MR) is 83.2 cm³/mol. The average Bonchev–Trinajstić information content (AvgIpc) is 2.42. The maximum absolute atomic E-state index is 12.0. The van der Waals surface area contributed by atoms with Crippen molar-refractivity contribution in [3.63, 3.8) is 0 Å². The summed E-state index contributed by atoms with van der Waals surface area (Å²) in [7, 11) is 3.30. The molecule has 0 saturated carbocycles. The number of anilines is 2. The molecule has 0 heterocycles. The van der Waals surface area contributed by atoms with Gasteiger partial charge in [-0.3, -0.25) is 4.79 Å². The van der Waals surface area contributed by atoms with Crippen molar-refractivity contribution in [1.29, 1.82) is 0 Å². The van der Waals surface area contributed by atoms with Gasteiger partial charge < -0.3 is 20.7 Å². The molecule has 1 aromatic rings. The Labute approximate surface area is 121 Å². The summed E-state index contributed by atoms with van der Waals surface area (Å²) in [6, 6.07) is 5.37. The molecule has 0 fully saturated rings. The van der Waals surface area contributed by atoms with E-state index < -0.39 is 0 Å². The summed E-state index contributed by atoms with van der Waals surface area (Å²) in [5, 5.41) is 2.67. The summed E-state index contributed by atoms with van der Waals surface area (Å²) in [4.78, 5) is 14.1. The molecule has 0 radical (unpaired) electrons. The molecule has 112 valence electrons. The molecule has 5 nitrogen and oxygen atoms in total. The maximum Gasteiger partial charge on any atom is 0.253 e. The minimum Gasteiger partial charge on any atom is -0.399 e. The van der Waals surface area contributed by atoms with Gasteiger partial charge in [0.25, 0.3) is 5.91 Å². The molecule has 0 aliphatic heterocycles. The normalized spacial score (nSPS) is 10.7. The van der Waals surface area contributed by atoms with E-state index in [0.717, 1.165) is 18.8 Å². The van der Waals surface area contributed by atoms with Crippen LogP contribution in [0.1, 0.15) is 24.2 Å². The van der Waals surface area contributed by atoms with Gasteiger partial charge in [0, 0.05) is 32.9 Å². The molecule has 1 aromatic carbocycles. The second-order valence-corrected chi connectivity index (χ2v) is 5.19. The van der Waals surface area contributed by atoms with E-state index in [9.17, 15) is 4.79 Å². The van der Waals surface area contributed by atoms with Crippen LogP contribution in [0.15, 0.2) is 18.2 Å². The maximum atomic E-state index is 12.0. The third-order valence-electron chi connectivity index (χ3n) is 2.99. The third-order valence-corrected chi connectivity index (χ3v) is 2.99. The molecule has 0 aliphatic carbocycles. The molecular formula is C15H25N3O2. The minimum absolute atomic E-state index is 0.105. The first kappa shape index (κ1) is 16.3. The van der Waals surface area contributed by atoms with Crippen molar-refractivity contribution in [2.45, 2.75) is 13.8 Å². The molecule has 1 amide bonds. The number of hydrogen-bond donors (Lipinski definition) is 2. The number of carbonyl (C=O) groups is 1. The summed E-state index contributed by atoms with van der Waals surface area (Å²) in [5.41, 5.74) is 8.02. The van der Waals surface area contributed by atoms with Gasteiger partial charge in [-0.2, -0.15) is 0 Å². The van der Waals surface area contributed by atoms with Crippen molar-refractivity contribution in [2.24, 2.45) is 5.92 Å². The number of carbonyl (C=O) groups excluding carboxylic acids is 1. The second kappa shape index (κ2) is 7.75. The van der Waals surface area contributed by atoms with Gasteiger partial charge in [-0.25, -0.2) is 0 Å². The summed E-state index contributed by atoms with van der Waals surface area (Å²) in [6.07, 6.45) is 0. The predicted octanol–water partition coefficient (Wildman–Crippen LogP) is 1.74. The number of benzene rings is 1. The molecule has 0 aliphatic rings. The highest BCUT2D eigenvalue weighted by Crippen LogP contribution is 2.24. The van der Waals surface area contributed by atoms with Gasteiger partial charge in [-0.15, -0.1) is 0 Å². The van der Waals surface area contributed by atoms with Crippen LogP contribution in [0.25, 0.3) is 0 Å². The Kier molecular flexibility index (Phi) is 6.31. The van der Waals surface area contributed by atoms with Gasteiger partial charge in [0.05, 0.1) is 17.9 Å². The number of nitrogens with zero attached hydrogens (tertiary/aromatic N) is 1. The van der Waals surface area contributed by atoms with Crippen LogP contribution in [0.3, 0.4) is 0 Å². The van der Waals surface area contributed by atoms with E-state index in [1.54, 1.807) is 26.3 Å². The van der Waals surface area contributed by atoms with Crippen LogP contribution in [0.4, 0.5) is 11.4 Å². The highest BCUT2D eigenvalue weighted by molar-refractivity contribution is 6.00. The second-order valence-electron chi connectivity index (χ2n) is 5.19. The molecule has 0 spiro atoms. The Bertz CT molecular complexity index is 447. The van der Waals surface area contributed by atoms with Gasteiger partial charge >= 0.3 is 0 Å². The van der Waals surface area contributed by atoms with E-state index in [4.69, 9.17) is 10.5 Å². The number of nitrogen functional groups attached to an aromatic ring is 1. The Balaban J connectivity index is 3.14. The number of rotatable bonds is 7. The van der Waals surface area contributed by atoms with Crippen molar-refractivity contribution in [1.82, 2.24) is 5.32 Å². The fourth-order valence-electron chi connectivity index (χ4n) is 2.09. The summed E-state index contributed by atoms with van der Waals surface area (Å²) < 4.78 is 5.16. The van der Waals surface area contributed by atoms with E-state index >= 15 is 0 Å². The van der Waals surface area contributed by atoms with E-state index in [2.05, 4.69) is 24.1 Å². The van der Waals surface area contributed by atoms with Gasteiger partial charge in [-0.05, 0) is 24.1 Å². The molecule has 20 heavy (non-hydrogen) atoms. The Morgan fingerprint density at radius 3 is 2.70 bits per heavy atom. The number of ether oxygens (including phenoxy) is 1. The summed E-state index contributed by atoms with van der Waals surface area (Å²) in [5.74, 6) is 0.372. The first-order chi connectivity index (χ1) is 9.49. The number of hydrogen-bond acceptors (Lipinski definition) is 4. The standard InChI is InChI=1S/C15H25N3O2/c1-11(2)10-18(7-8-20-4)14-9-12(16)5-6-13(14)15(19)17-3/h5-6,9,11H,7-8,10,16H2,1-4H3,(H,17,19). The fourth-order valence-corrected chi connectivity index (χ4v) is 2.09. The number of methoxy groups -OCH3 is 1. The fraction of sp³-hybridized carbons (Fsp3) is 0.533. The van der Waals surface area contributed by atoms with Gasteiger partial charge in [0.15, 0.2) is 0 Å². The van der Waals surface area contributed by atoms with E-state index in [0.29, 0.717) is 23.8 Å². The molecule has 0 aromatic heterocycles. The molecule has 0 saturated heterocycles. The van der Waals surface area contributed by atoms with Gasteiger partial charge in [0.1, 0.15) is 0 Å². The Morgan fingerprint density at radius 2 is 2.15 bits per heavy atom. The first-order valence-corrected chi connectivity index (χ1v) is 6.85. The van der Waals surface area contributed by atoms with Crippen LogP contribution in [0.2, 0.25) is 0 Å². The van der Waals surface area contributed by atoms with Gasteiger partial charge in [0.2, 0.25) is 0 Å². The lowest BCUT2D eigenvalue weighted by Crippen LogP contribution is -2.33. The molecule has 5 heteroatoms. The SMILES string of the molecule is CNC(=O)c1ccc(N)cc1N(CCOC)CC(C)C. The Hall–Kier alpha value is -1.75. The lowest BCUT2D eigenvalue weighted by molar-refractivity contribution is 0.0963. The highest BCUT2D eigenvalue weighted by atomic mass is 16.5. The Morgan fingerprint density at radius 1 is 1.45 bits per heavy atom. The molecule has 0 bridgehead atoms. The lowest BCUT2D eigenvalue weighted by atomic mass is 10.1. The number of nitrogens with two attached hydrogens (primary N) is 1. The van der Waals surface area contributed by atoms with Crippen LogP contribution in [-0.4, -0.2) is 39.8 Å². The third kappa shape index (κ3) is 4.42. The van der Waals surface area contributed by atoms with Crippen LogP contribution in [0, 0.1) is 5.92 Å². The lowest BCUT2D eigenvalue weighted by Gasteiger charge is -2.28. The smallest absolute Gasteiger partial charge is 0.253 e. The van der Waals surface area contributed by atoms with E-state index in [1.165, 1.54) is 0 Å². The highest BCUT2D eigenvalue weighted by Gasteiger charge is 2.17. The van der Waals surface area contributed by atoms with E-state index in [-0.39, 0.29) is 5.91 Å².